The molecule has 2 aromatic heterocycles. The van der Waals surface area contributed by atoms with E-state index in [1.54, 1.807) is 0 Å². The minimum atomic E-state index is 0.924. The molecule has 0 aliphatic rings. The maximum Gasteiger partial charge on any atom is 0.166 e. The molecule has 0 aliphatic heterocycles. The molecule has 4 heteroatoms. The third-order valence-corrected chi connectivity index (χ3v) is 2.38. The molecule has 0 N–H and O–H groups in total. The molecule has 2 rings (SSSR count). The first kappa shape index (κ1) is 6.67. The molecule has 0 unspecified atom stereocenters. The third-order valence-electron chi connectivity index (χ3n) is 1.54. The van der Waals surface area contributed by atoms with Gasteiger partial charge in [-0.15, -0.1) is 5.10 Å². The van der Waals surface area contributed by atoms with E-state index in [1.807, 2.05) is 19.9 Å². The van der Waals surface area contributed by atoms with Crippen molar-refractivity contribution in [3.63, 3.8) is 0 Å². The molecule has 3 nitrogen and oxygen atoms in total. The second kappa shape index (κ2) is 2.23. The Kier molecular flexibility index (Phi) is 1.35. The first-order chi connectivity index (χ1) is 5.27. The molecule has 0 amide bonds. The van der Waals surface area contributed by atoms with Gasteiger partial charge in [-0.3, -0.25) is 0 Å². The molecule has 56 valence electrons. The quantitative estimate of drug-likeness (QED) is 0.596. The van der Waals surface area contributed by atoms with E-state index in [-0.39, 0.29) is 0 Å². The average molecular weight is 165 g/mol. The van der Waals surface area contributed by atoms with Gasteiger partial charge in [-0.1, -0.05) is 0 Å². The first-order valence-electron chi connectivity index (χ1n) is 3.33. The molecule has 0 aliphatic carbocycles. The van der Waals surface area contributed by atoms with Crippen molar-refractivity contribution < 1.29 is 0 Å². The van der Waals surface area contributed by atoms with E-state index in [2.05, 4.69) is 14.6 Å². The standard InChI is InChI=1S/C7H7N3S/c1-4-3-6-5(2)10-11-7(6)9-8-4/h3H,1-2H3. The molecule has 11 heavy (non-hydrogen) atoms. The van der Waals surface area contributed by atoms with Crippen LogP contribution in [0.15, 0.2) is 6.07 Å². The van der Waals surface area contributed by atoms with Gasteiger partial charge in [0.2, 0.25) is 0 Å². The van der Waals surface area contributed by atoms with Gasteiger partial charge in [0.05, 0.1) is 11.4 Å². The van der Waals surface area contributed by atoms with Crippen LogP contribution in [0.2, 0.25) is 0 Å². The van der Waals surface area contributed by atoms with Crippen molar-refractivity contribution in [1.29, 1.82) is 0 Å². The van der Waals surface area contributed by atoms with Crippen LogP contribution in [0, 0.1) is 13.8 Å². The fourth-order valence-electron chi connectivity index (χ4n) is 0.965. The third kappa shape index (κ3) is 0.991. The molecule has 0 saturated heterocycles. The van der Waals surface area contributed by atoms with Crippen LogP contribution in [0.4, 0.5) is 0 Å². The molecular formula is C7H7N3S. The van der Waals surface area contributed by atoms with Crippen LogP contribution in [-0.4, -0.2) is 14.6 Å². The van der Waals surface area contributed by atoms with Gasteiger partial charge in [0.1, 0.15) is 0 Å². The fraction of sp³-hybridized carbons (Fsp3) is 0.286. The van der Waals surface area contributed by atoms with Gasteiger partial charge in [0.25, 0.3) is 0 Å². The molecule has 0 spiro atoms. The van der Waals surface area contributed by atoms with Gasteiger partial charge < -0.3 is 0 Å². The monoisotopic (exact) mass is 165 g/mol. The Bertz CT molecular complexity index is 393. The molecule has 0 saturated carbocycles. The highest BCUT2D eigenvalue weighted by molar-refractivity contribution is 7.12. The Morgan fingerprint density at radius 3 is 2.91 bits per heavy atom. The van der Waals surface area contributed by atoms with Gasteiger partial charge in [0.15, 0.2) is 4.83 Å². The van der Waals surface area contributed by atoms with E-state index >= 15 is 0 Å². The molecular weight excluding hydrogens is 158 g/mol. The van der Waals surface area contributed by atoms with Crippen LogP contribution in [0.5, 0.6) is 0 Å². The Hall–Kier alpha value is -1.03. The minimum absolute atomic E-state index is 0.924. The highest BCUT2D eigenvalue weighted by atomic mass is 32.1. The summed E-state index contributed by atoms with van der Waals surface area (Å²) in [4.78, 5) is 0.924. The average Bonchev–Trinajstić information content (AvgIpc) is 2.33. The summed E-state index contributed by atoms with van der Waals surface area (Å²) in [6.07, 6.45) is 0. The van der Waals surface area contributed by atoms with E-state index in [4.69, 9.17) is 0 Å². The Morgan fingerprint density at radius 1 is 1.27 bits per heavy atom. The van der Waals surface area contributed by atoms with Gasteiger partial charge >= 0.3 is 0 Å². The predicted octanol–water partition coefficient (Wildman–Crippen LogP) is 1.70. The van der Waals surface area contributed by atoms with Crippen molar-refractivity contribution in [2.45, 2.75) is 13.8 Å². The summed E-state index contributed by atoms with van der Waals surface area (Å²) in [5.74, 6) is 0. The smallest absolute Gasteiger partial charge is 0.166 e. The highest BCUT2D eigenvalue weighted by Crippen LogP contribution is 2.18. The van der Waals surface area contributed by atoms with Crippen molar-refractivity contribution in [1.82, 2.24) is 14.6 Å². The van der Waals surface area contributed by atoms with E-state index in [1.165, 1.54) is 11.5 Å². The topological polar surface area (TPSA) is 38.7 Å². The summed E-state index contributed by atoms with van der Waals surface area (Å²) in [5.41, 5.74) is 1.99. The van der Waals surface area contributed by atoms with E-state index in [0.29, 0.717) is 0 Å². The number of hydrogen-bond acceptors (Lipinski definition) is 4. The van der Waals surface area contributed by atoms with E-state index < -0.39 is 0 Å². The lowest BCUT2D eigenvalue weighted by Gasteiger charge is -1.89. The van der Waals surface area contributed by atoms with E-state index in [9.17, 15) is 0 Å². The van der Waals surface area contributed by atoms with Gasteiger partial charge in [0, 0.05) is 5.39 Å². The summed E-state index contributed by atoms with van der Waals surface area (Å²) >= 11 is 1.40. The van der Waals surface area contributed by atoms with Gasteiger partial charge in [-0.2, -0.15) is 9.47 Å². The summed E-state index contributed by atoms with van der Waals surface area (Å²) in [5, 5.41) is 9.08. The fourth-order valence-corrected chi connectivity index (χ4v) is 1.67. The molecule has 2 aromatic rings. The summed E-state index contributed by atoms with van der Waals surface area (Å²) in [6, 6.07) is 2.02. The summed E-state index contributed by atoms with van der Waals surface area (Å²) < 4.78 is 4.18. The number of hydrogen-bond donors (Lipinski definition) is 0. The number of aromatic nitrogens is 3. The van der Waals surface area contributed by atoms with Gasteiger partial charge in [-0.05, 0) is 31.4 Å². The molecule has 0 atom stereocenters. The minimum Gasteiger partial charge on any atom is -0.195 e. The molecule has 2 heterocycles. The van der Waals surface area contributed by atoms with Crippen LogP contribution < -0.4 is 0 Å². The molecule has 0 fully saturated rings. The second-order valence-corrected chi connectivity index (χ2v) is 3.22. The number of fused-ring (bicyclic) bond motifs is 1. The molecule has 0 radical (unpaired) electrons. The SMILES string of the molecule is Cc1cc2c(C)nsc2nn1. The zero-order valence-electron chi connectivity index (χ0n) is 6.33. The zero-order chi connectivity index (χ0) is 7.84. The van der Waals surface area contributed by atoms with E-state index in [0.717, 1.165) is 21.6 Å². The van der Waals surface area contributed by atoms with Crippen LogP contribution in [0.1, 0.15) is 11.4 Å². The van der Waals surface area contributed by atoms with Gasteiger partial charge in [-0.25, -0.2) is 0 Å². The number of nitrogens with zero attached hydrogens (tertiary/aromatic N) is 3. The van der Waals surface area contributed by atoms with Crippen molar-refractivity contribution in [3.05, 3.63) is 17.5 Å². The van der Waals surface area contributed by atoms with Crippen molar-refractivity contribution in [2.75, 3.05) is 0 Å². The number of aryl methyl sites for hydroxylation is 2. The van der Waals surface area contributed by atoms with Crippen LogP contribution in [0.3, 0.4) is 0 Å². The van der Waals surface area contributed by atoms with Crippen molar-refractivity contribution >= 4 is 21.7 Å². The first-order valence-corrected chi connectivity index (χ1v) is 4.11. The normalized spacial score (nSPS) is 10.7. The Balaban J connectivity index is 2.87. The highest BCUT2D eigenvalue weighted by Gasteiger charge is 2.02. The number of rotatable bonds is 0. The second-order valence-electron chi connectivity index (χ2n) is 2.47. The lowest BCUT2D eigenvalue weighted by Crippen LogP contribution is -1.84. The maximum absolute atomic E-state index is 4.18. The zero-order valence-corrected chi connectivity index (χ0v) is 7.14. The van der Waals surface area contributed by atoms with Crippen molar-refractivity contribution in [3.8, 4) is 0 Å². The van der Waals surface area contributed by atoms with Crippen molar-refractivity contribution in [2.24, 2.45) is 0 Å². The maximum atomic E-state index is 4.18. The lowest BCUT2D eigenvalue weighted by molar-refractivity contribution is 1.02. The Morgan fingerprint density at radius 2 is 2.09 bits per heavy atom. The van der Waals surface area contributed by atoms with Crippen LogP contribution >= 0.6 is 11.5 Å². The molecule has 0 aromatic carbocycles. The summed E-state index contributed by atoms with van der Waals surface area (Å²) in [6.45, 7) is 3.92. The summed E-state index contributed by atoms with van der Waals surface area (Å²) in [7, 11) is 0. The van der Waals surface area contributed by atoms with Crippen LogP contribution in [-0.2, 0) is 0 Å². The Labute approximate surface area is 68.3 Å². The largest absolute Gasteiger partial charge is 0.195 e. The van der Waals surface area contributed by atoms with Crippen LogP contribution in [0.25, 0.3) is 10.2 Å². The lowest BCUT2D eigenvalue weighted by atomic mass is 10.3. The molecule has 0 bridgehead atoms. The predicted molar refractivity (Wildman–Crippen MR) is 44.7 cm³/mol.